The highest BCUT2D eigenvalue weighted by molar-refractivity contribution is 5.82. The summed E-state index contributed by atoms with van der Waals surface area (Å²) in [5.74, 6) is -0.216. The second kappa shape index (κ2) is 10.7. The van der Waals surface area contributed by atoms with Crippen LogP contribution in [0.5, 0.6) is 0 Å². The van der Waals surface area contributed by atoms with Gasteiger partial charge in [-0.15, -0.1) is 0 Å². The molecule has 3 aliphatic rings. The zero-order valence-corrected chi connectivity index (χ0v) is 18.7. The summed E-state index contributed by atoms with van der Waals surface area (Å²) in [5, 5.41) is 23.9. The van der Waals surface area contributed by atoms with Gasteiger partial charge in [-0.25, -0.2) is 0 Å². The Kier molecular flexibility index (Phi) is 8.05. The van der Waals surface area contributed by atoms with Crippen molar-refractivity contribution in [1.29, 1.82) is 0 Å². The smallest absolute Gasteiger partial charge is 0.227 e. The summed E-state index contributed by atoms with van der Waals surface area (Å²) in [6.45, 7) is 6.02. The highest BCUT2D eigenvalue weighted by atomic mass is 16.3. The Bertz CT molecular complexity index is 858. The van der Waals surface area contributed by atoms with Crippen molar-refractivity contribution in [3.05, 3.63) is 84.1 Å². The SMILES string of the molecule is CC=CC=CC[C@@H]1C[C@@H]2/C=C/C(C)=C/[C@H]3C=C[C@@H](O)[C@@H](O)[C@@H]3/C(C)=C/C=C/[C@H]2C(=O)N1. The van der Waals surface area contributed by atoms with Crippen LogP contribution in [-0.4, -0.2) is 34.4 Å². The van der Waals surface area contributed by atoms with E-state index in [4.69, 9.17) is 0 Å². The van der Waals surface area contributed by atoms with E-state index in [0.717, 1.165) is 24.0 Å². The molecule has 4 heteroatoms. The fourth-order valence-corrected chi connectivity index (χ4v) is 4.76. The minimum atomic E-state index is -0.863. The lowest BCUT2D eigenvalue weighted by Crippen LogP contribution is -2.47. The number of allylic oxidation sites excluding steroid dienone is 10. The lowest BCUT2D eigenvalue weighted by atomic mass is 9.75. The van der Waals surface area contributed by atoms with Crippen molar-refractivity contribution in [2.24, 2.45) is 23.7 Å². The zero-order valence-electron chi connectivity index (χ0n) is 18.7. The molecule has 7 atom stereocenters. The van der Waals surface area contributed by atoms with Crippen molar-refractivity contribution in [1.82, 2.24) is 5.32 Å². The third-order valence-electron chi connectivity index (χ3n) is 6.46. The number of nitrogens with one attached hydrogen (secondary N) is 1. The number of rotatable bonds is 3. The van der Waals surface area contributed by atoms with Gasteiger partial charge in [0.05, 0.1) is 18.1 Å². The summed E-state index contributed by atoms with van der Waals surface area (Å²) < 4.78 is 0. The Morgan fingerprint density at radius 3 is 2.71 bits per heavy atom. The molecule has 3 N–H and O–H groups in total. The van der Waals surface area contributed by atoms with E-state index >= 15 is 0 Å². The molecule has 31 heavy (non-hydrogen) atoms. The first-order valence-electron chi connectivity index (χ1n) is 11.2. The second-order valence-electron chi connectivity index (χ2n) is 8.86. The van der Waals surface area contributed by atoms with Gasteiger partial charge in [-0.05, 0) is 39.5 Å². The molecule has 3 rings (SSSR count). The monoisotopic (exact) mass is 421 g/mol. The molecule has 166 valence electrons. The molecule has 0 aromatic carbocycles. The minimum Gasteiger partial charge on any atom is -0.389 e. The maximum atomic E-state index is 12.9. The van der Waals surface area contributed by atoms with Crippen LogP contribution in [0.15, 0.2) is 84.1 Å². The molecule has 1 saturated heterocycles. The normalized spacial score (nSPS) is 41.7. The first kappa shape index (κ1) is 23.2. The summed E-state index contributed by atoms with van der Waals surface area (Å²) in [5.41, 5.74) is 2.08. The lowest BCUT2D eigenvalue weighted by molar-refractivity contribution is -0.127. The largest absolute Gasteiger partial charge is 0.389 e. The third-order valence-corrected chi connectivity index (χ3v) is 6.46. The van der Waals surface area contributed by atoms with Gasteiger partial charge in [0.15, 0.2) is 0 Å². The molecule has 0 radical (unpaired) electrons. The summed E-state index contributed by atoms with van der Waals surface area (Å²) in [6.07, 6.45) is 24.0. The van der Waals surface area contributed by atoms with E-state index in [1.54, 1.807) is 6.08 Å². The second-order valence-corrected chi connectivity index (χ2v) is 8.86. The number of amides is 1. The molecular weight excluding hydrogens is 386 g/mol. The van der Waals surface area contributed by atoms with Gasteiger partial charge in [-0.3, -0.25) is 4.79 Å². The quantitative estimate of drug-likeness (QED) is 0.473. The van der Waals surface area contributed by atoms with Gasteiger partial charge in [0, 0.05) is 17.9 Å². The highest BCUT2D eigenvalue weighted by Crippen LogP contribution is 2.34. The number of aliphatic hydroxyl groups is 2. The minimum absolute atomic E-state index is 0.0158. The Hall–Kier alpha value is -2.43. The Balaban J connectivity index is 1.88. The number of aliphatic hydroxyl groups excluding tert-OH is 2. The Morgan fingerprint density at radius 2 is 1.94 bits per heavy atom. The van der Waals surface area contributed by atoms with E-state index in [1.807, 2.05) is 56.4 Å². The predicted octanol–water partition coefficient (Wildman–Crippen LogP) is 4.17. The molecule has 0 saturated carbocycles. The topological polar surface area (TPSA) is 69.6 Å². The highest BCUT2D eigenvalue weighted by Gasteiger charge is 2.35. The fraction of sp³-hybridized carbons (Fsp3) is 0.444. The molecule has 1 fully saturated rings. The average molecular weight is 422 g/mol. The number of hydrogen-bond acceptors (Lipinski definition) is 3. The molecule has 0 unspecified atom stereocenters. The van der Waals surface area contributed by atoms with Crippen LogP contribution in [0.25, 0.3) is 0 Å². The predicted molar refractivity (Wildman–Crippen MR) is 126 cm³/mol. The summed E-state index contributed by atoms with van der Waals surface area (Å²) in [7, 11) is 0. The van der Waals surface area contributed by atoms with Crippen LogP contribution in [0.2, 0.25) is 0 Å². The van der Waals surface area contributed by atoms with Gasteiger partial charge in [-0.1, -0.05) is 84.1 Å². The summed E-state index contributed by atoms with van der Waals surface area (Å²) >= 11 is 0. The number of hydrogen-bond donors (Lipinski definition) is 3. The number of carbonyl (C=O) groups is 1. The van der Waals surface area contributed by atoms with Crippen molar-refractivity contribution in [2.75, 3.05) is 0 Å². The first-order chi connectivity index (χ1) is 14.9. The van der Waals surface area contributed by atoms with Gasteiger partial charge < -0.3 is 15.5 Å². The number of piperidine rings is 1. The molecule has 1 amide bonds. The zero-order chi connectivity index (χ0) is 22.4. The maximum absolute atomic E-state index is 12.9. The molecule has 0 aromatic heterocycles. The number of fused-ring (bicyclic) bond motifs is 2. The molecule has 0 aromatic rings. The van der Waals surface area contributed by atoms with Gasteiger partial charge in [0.25, 0.3) is 0 Å². The van der Waals surface area contributed by atoms with Crippen LogP contribution >= 0.6 is 0 Å². The molecule has 1 aliphatic heterocycles. The van der Waals surface area contributed by atoms with E-state index in [0.29, 0.717) is 0 Å². The van der Waals surface area contributed by atoms with E-state index in [2.05, 4.69) is 36.5 Å². The van der Waals surface area contributed by atoms with E-state index in [9.17, 15) is 15.0 Å². The summed E-state index contributed by atoms with van der Waals surface area (Å²) in [4.78, 5) is 12.9. The Morgan fingerprint density at radius 1 is 1.13 bits per heavy atom. The fourth-order valence-electron chi connectivity index (χ4n) is 4.76. The third kappa shape index (κ3) is 5.84. The average Bonchev–Trinajstić information content (AvgIpc) is 2.73. The Labute approximate surface area is 186 Å². The van der Waals surface area contributed by atoms with Gasteiger partial charge >= 0.3 is 0 Å². The van der Waals surface area contributed by atoms with E-state index in [1.165, 1.54) is 0 Å². The number of carbonyl (C=O) groups excluding carboxylic acids is 1. The van der Waals surface area contributed by atoms with Crippen molar-refractivity contribution >= 4 is 5.91 Å². The molecular formula is C27H35NO3. The van der Waals surface area contributed by atoms with E-state index < -0.39 is 12.2 Å². The molecule has 1 heterocycles. The van der Waals surface area contributed by atoms with Gasteiger partial charge in [0.1, 0.15) is 0 Å². The van der Waals surface area contributed by atoms with Crippen molar-refractivity contribution in [3.8, 4) is 0 Å². The van der Waals surface area contributed by atoms with E-state index in [-0.39, 0.29) is 35.6 Å². The van der Waals surface area contributed by atoms with Crippen molar-refractivity contribution in [2.45, 2.75) is 51.9 Å². The lowest BCUT2D eigenvalue weighted by Gasteiger charge is -2.35. The molecule has 2 aliphatic carbocycles. The van der Waals surface area contributed by atoms with Crippen LogP contribution in [0, 0.1) is 23.7 Å². The first-order valence-corrected chi connectivity index (χ1v) is 11.2. The maximum Gasteiger partial charge on any atom is 0.227 e. The molecule has 0 bridgehead atoms. The summed E-state index contributed by atoms with van der Waals surface area (Å²) in [6, 6.07) is 0.130. The van der Waals surface area contributed by atoms with Crippen LogP contribution in [0.3, 0.4) is 0 Å². The van der Waals surface area contributed by atoms with Crippen LogP contribution in [0.1, 0.15) is 33.6 Å². The van der Waals surface area contributed by atoms with Crippen molar-refractivity contribution < 1.29 is 15.0 Å². The van der Waals surface area contributed by atoms with Gasteiger partial charge in [-0.2, -0.15) is 0 Å². The van der Waals surface area contributed by atoms with Crippen LogP contribution < -0.4 is 5.32 Å². The molecule has 0 spiro atoms. The van der Waals surface area contributed by atoms with Crippen molar-refractivity contribution in [3.63, 3.8) is 0 Å². The standard InChI is InChI=1S/C27H35NO3/c1-4-5-6-7-10-22-17-20-13-12-18(2)16-21-14-15-24(29)26(30)25(21)19(3)9-8-11-23(20)27(31)28-22/h4-9,11-16,20-26,29-30H,10,17H2,1-3H3,(H,28,31)/b5-4?,7-6?,11-8+,13-12+,18-16+,19-9+/t20-,21+,22+,23+,24+,25+,26+/m0/s1. The molecule has 4 nitrogen and oxygen atoms in total. The van der Waals surface area contributed by atoms with Crippen LogP contribution in [0.4, 0.5) is 0 Å². The van der Waals surface area contributed by atoms with Gasteiger partial charge in [0.2, 0.25) is 5.91 Å². The van der Waals surface area contributed by atoms with Crippen LogP contribution in [-0.2, 0) is 4.79 Å².